The van der Waals surface area contributed by atoms with Gasteiger partial charge in [0, 0.05) is 9.37 Å². The van der Waals surface area contributed by atoms with E-state index in [1.807, 2.05) is 18.2 Å². The summed E-state index contributed by atoms with van der Waals surface area (Å²) in [6.07, 6.45) is 0. The first-order valence-electron chi connectivity index (χ1n) is 4.51. The first-order valence-corrected chi connectivity index (χ1v) is 6.29. The Kier molecular flexibility index (Phi) is 3.31. The summed E-state index contributed by atoms with van der Waals surface area (Å²) in [5.74, 6) is 0.371. The van der Waals surface area contributed by atoms with Crippen LogP contribution in [0.1, 0.15) is 0 Å². The van der Waals surface area contributed by atoms with Gasteiger partial charge >= 0.3 is 0 Å². The quantitative estimate of drug-likeness (QED) is 0.834. The molecule has 80 valence electrons. The van der Waals surface area contributed by atoms with Gasteiger partial charge in [0.05, 0.1) is 18.0 Å². The van der Waals surface area contributed by atoms with Crippen molar-refractivity contribution in [2.45, 2.75) is 4.90 Å². The predicted molar refractivity (Wildman–Crippen MR) is 63.2 cm³/mol. The molecule has 1 aromatic carbocycles. The van der Waals surface area contributed by atoms with E-state index in [9.17, 15) is 9.18 Å². The molecule has 0 atom stereocenters. The number of nitrogens with zero attached hydrogens (tertiary/aromatic N) is 1. The van der Waals surface area contributed by atoms with Crippen LogP contribution >= 0.6 is 27.7 Å². The van der Waals surface area contributed by atoms with Crippen molar-refractivity contribution in [1.82, 2.24) is 0 Å². The largest absolute Gasteiger partial charge is 0.308 e. The molecule has 0 radical (unpaired) electrons. The number of halogens is 2. The van der Waals surface area contributed by atoms with Crippen molar-refractivity contribution in [3.05, 3.63) is 22.7 Å². The number of amides is 1. The highest BCUT2D eigenvalue weighted by Crippen LogP contribution is 2.36. The maximum absolute atomic E-state index is 12.3. The second-order valence-corrected chi connectivity index (χ2v) is 5.07. The second kappa shape index (κ2) is 4.53. The molecule has 1 amide bonds. The minimum Gasteiger partial charge on any atom is -0.308 e. The highest BCUT2D eigenvalue weighted by atomic mass is 79.9. The van der Waals surface area contributed by atoms with Gasteiger partial charge in [-0.1, -0.05) is 15.9 Å². The molecule has 1 aliphatic rings. The Morgan fingerprint density at radius 2 is 2.33 bits per heavy atom. The third-order valence-electron chi connectivity index (χ3n) is 2.17. The summed E-state index contributed by atoms with van der Waals surface area (Å²) in [6, 6.07) is 5.67. The summed E-state index contributed by atoms with van der Waals surface area (Å²) >= 11 is 4.87. The van der Waals surface area contributed by atoms with Crippen LogP contribution in [0.5, 0.6) is 0 Å². The zero-order valence-electron chi connectivity index (χ0n) is 7.87. The van der Waals surface area contributed by atoms with Gasteiger partial charge in [-0.2, -0.15) is 0 Å². The molecule has 0 saturated carbocycles. The fraction of sp³-hybridized carbons (Fsp3) is 0.300. The molecule has 2 nitrogen and oxygen atoms in total. The van der Waals surface area contributed by atoms with Crippen molar-refractivity contribution >= 4 is 39.3 Å². The normalized spacial score (nSPS) is 15.3. The lowest BCUT2D eigenvalue weighted by atomic mass is 10.2. The van der Waals surface area contributed by atoms with E-state index in [1.165, 1.54) is 16.7 Å². The minimum absolute atomic E-state index is 0.0209. The lowest BCUT2D eigenvalue weighted by Crippen LogP contribution is -2.36. The van der Waals surface area contributed by atoms with Crippen molar-refractivity contribution in [1.29, 1.82) is 0 Å². The molecule has 0 aromatic heterocycles. The summed E-state index contributed by atoms with van der Waals surface area (Å²) in [5.41, 5.74) is 0.817. The number of rotatable bonds is 2. The maximum atomic E-state index is 12.3. The molecule has 1 heterocycles. The molecule has 0 fully saturated rings. The van der Waals surface area contributed by atoms with Crippen LogP contribution in [0.3, 0.4) is 0 Å². The average Bonchev–Trinajstić information content (AvgIpc) is 2.22. The first-order chi connectivity index (χ1) is 7.22. The van der Waals surface area contributed by atoms with Gasteiger partial charge in [-0.3, -0.25) is 4.79 Å². The van der Waals surface area contributed by atoms with Crippen LogP contribution < -0.4 is 4.90 Å². The Bertz CT molecular complexity index is 399. The van der Waals surface area contributed by atoms with Crippen molar-refractivity contribution in [3.63, 3.8) is 0 Å². The Labute approximate surface area is 100.0 Å². The molecule has 15 heavy (non-hydrogen) atoms. The topological polar surface area (TPSA) is 20.3 Å². The van der Waals surface area contributed by atoms with E-state index in [0.717, 1.165) is 15.1 Å². The van der Waals surface area contributed by atoms with Crippen LogP contribution in [0, 0.1) is 0 Å². The molecule has 1 aliphatic heterocycles. The van der Waals surface area contributed by atoms with Crippen LogP contribution in [-0.2, 0) is 4.79 Å². The van der Waals surface area contributed by atoms with Gasteiger partial charge < -0.3 is 4.90 Å². The molecule has 0 N–H and O–H groups in total. The highest BCUT2D eigenvalue weighted by Gasteiger charge is 2.24. The summed E-state index contributed by atoms with van der Waals surface area (Å²) < 4.78 is 13.3. The maximum Gasteiger partial charge on any atom is 0.237 e. The first kappa shape index (κ1) is 11.0. The Morgan fingerprint density at radius 3 is 3.07 bits per heavy atom. The van der Waals surface area contributed by atoms with Gasteiger partial charge in [0.1, 0.15) is 6.67 Å². The molecule has 0 saturated heterocycles. The van der Waals surface area contributed by atoms with E-state index < -0.39 is 6.67 Å². The van der Waals surface area contributed by atoms with Crippen LogP contribution in [0.15, 0.2) is 27.6 Å². The highest BCUT2D eigenvalue weighted by molar-refractivity contribution is 9.10. The second-order valence-electron chi connectivity index (χ2n) is 3.14. The number of carbonyl (C=O) groups excluding carboxylic acids is 1. The van der Waals surface area contributed by atoms with Gasteiger partial charge in [0.15, 0.2) is 0 Å². The van der Waals surface area contributed by atoms with Gasteiger partial charge in [0.2, 0.25) is 5.91 Å². The molecule has 0 spiro atoms. The third-order valence-corrected chi connectivity index (χ3v) is 3.70. The van der Waals surface area contributed by atoms with Crippen molar-refractivity contribution in [2.24, 2.45) is 0 Å². The van der Waals surface area contributed by atoms with E-state index in [2.05, 4.69) is 15.9 Å². The summed E-state index contributed by atoms with van der Waals surface area (Å²) in [6.45, 7) is -0.361. The monoisotopic (exact) mass is 289 g/mol. The van der Waals surface area contributed by atoms with E-state index in [1.54, 1.807) is 0 Å². The lowest BCUT2D eigenvalue weighted by Gasteiger charge is -2.28. The van der Waals surface area contributed by atoms with Crippen LogP contribution in [0.4, 0.5) is 10.1 Å². The fourth-order valence-corrected chi connectivity index (χ4v) is 2.99. The number of benzene rings is 1. The third kappa shape index (κ3) is 2.18. The van der Waals surface area contributed by atoms with Crippen LogP contribution in [0.2, 0.25) is 0 Å². The fourth-order valence-electron chi connectivity index (χ4n) is 1.51. The number of thioether (sulfide) groups is 1. The smallest absolute Gasteiger partial charge is 0.237 e. The molecule has 2 rings (SSSR count). The lowest BCUT2D eigenvalue weighted by molar-refractivity contribution is -0.116. The average molecular weight is 290 g/mol. The van der Waals surface area contributed by atoms with Gasteiger partial charge in [-0.25, -0.2) is 4.39 Å². The summed E-state index contributed by atoms with van der Waals surface area (Å²) in [7, 11) is 0. The molecule has 1 aromatic rings. The molecular formula is C10H9BrFNOS. The summed E-state index contributed by atoms with van der Waals surface area (Å²) in [4.78, 5) is 14.1. The molecular weight excluding hydrogens is 281 g/mol. The predicted octanol–water partition coefficient (Wildman–Crippen LogP) is 2.86. The van der Waals surface area contributed by atoms with Gasteiger partial charge in [-0.15, -0.1) is 11.8 Å². The Balaban J connectivity index is 2.39. The van der Waals surface area contributed by atoms with Crippen LogP contribution in [0.25, 0.3) is 0 Å². The van der Waals surface area contributed by atoms with Crippen molar-refractivity contribution in [2.75, 3.05) is 23.9 Å². The number of hydrogen-bond donors (Lipinski definition) is 0. The van der Waals surface area contributed by atoms with E-state index in [4.69, 9.17) is 0 Å². The van der Waals surface area contributed by atoms with Crippen molar-refractivity contribution < 1.29 is 9.18 Å². The molecule has 5 heteroatoms. The molecule has 0 unspecified atom stereocenters. The zero-order valence-corrected chi connectivity index (χ0v) is 10.3. The van der Waals surface area contributed by atoms with Crippen molar-refractivity contribution in [3.8, 4) is 0 Å². The number of hydrogen-bond acceptors (Lipinski definition) is 2. The van der Waals surface area contributed by atoms with Gasteiger partial charge in [-0.05, 0) is 18.2 Å². The standard InChI is InChI=1S/C10H9BrFNOS/c11-7-1-2-8-9(5-7)15-6-10(14)13(8)4-3-12/h1-2,5H,3-4,6H2. The molecule has 0 aliphatic carbocycles. The van der Waals surface area contributed by atoms with E-state index >= 15 is 0 Å². The van der Waals surface area contributed by atoms with E-state index in [0.29, 0.717) is 5.75 Å². The number of alkyl halides is 1. The number of fused-ring (bicyclic) bond motifs is 1. The number of anilines is 1. The van der Waals surface area contributed by atoms with E-state index in [-0.39, 0.29) is 12.5 Å². The number of carbonyl (C=O) groups is 1. The Hall–Kier alpha value is -0.550. The molecule has 0 bridgehead atoms. The Morgan fingerprint density at radius 1 is 1.53 bits per heavy atom. The zero-order chi connectivity index (χ0) is 10.8. The van der Waals surface area contributed by atoms with Gasteiger partial charge in [0.25, 0.3) is 0 Å². The summed E-state index contributed by atoms with van der Waals surface area (Å²) in [5, 5.41) is 0. The SMILES string of the molecule is O=C1CSc2cc(Br)ccc2N1CCF. The minimum atomic E-state index is -0.508. The van der Waals surface area contributed by atoms with Crippen LogP contribution in [-0.4, -0.2) is 24.9 Å².